The van der Waals surface area contributed by atoms with Crippen LogP contribution in [0.15, 0.2) is 4.99 Å². The summed E-state index contributed by atoms with van der Waals surface area (Å²) >= 11 is 0. The van der Waals surface area contributed by atoms with Gasteiger partial charge < -0.3 is 11.5 Å². The smallest absolute Gasteiger partial charge is 0.185 e. The van der Waals surface area contributed by atoms with Crippen LogP contribution in [-0.2, 0) is 0 Å². The first-order valence-corrected chi connectivity index (χ1v) is 4.76. The Bertz CT molecular complexity index is 151. The first-order chi connectivity index (χ1) is 5.95. The number of rotatable bonds is 5. The molecule has 0 aromatic heterocycles. The van der Waals surface area contributed by atoms with Crippen molar-refractivity contribution in [2.24, 2.45) is 16.5 Å². The summed E-state index contributed by atoms with van der Waals surface area (Å²) in [5, 5.41) is 0. The van der Waals surface area contributed by atoms with Gasteiger partial charge in [0.05, 0.1) is 6.54 Å². The van der Waals surface area contributed by atoms with Crippen LogP contribution in [0.4, 0.5) is 0 Å². The van der Waals surface area contributed by atoms with Crippen molar-refractivity contribution >= 4 is 5.96 Å². The van der Waals surface area contributed by atoms with Crippen molar-refractivity contribution in [2.75, 3.05) is 13.1 Å². The predicted molar refractivity (Wildman–Crippen MR) is 57.7 cm³/mol. The summed E-state index contributed by atoms with van der Waals surface area (Å²) in [6.07, 6.45) is 0. The van der Waals surface area contributed by atoms with E-state index in [1.165, 1.54) is 0 Å². The number of aliphatic imine (C=N–C) groups is 1. The molecule has 0 unspecified atom stereocenters. The van der Waals surface area contributed by atoms with E-state index in [1.54, 1.807) is 0 Å². The molecular weight excluding hydrogens is 164 g/mol. The largest absolute Gasteiger partial charge is 0.370 e. The van der Waals surface area contributed by atoms with Gasteiger partial charge in [-0.05, 0) is 27.7 Å². The molecule has 13 heavy (non-hydrogen) atoms. The highest BCUT2D eigenvalue weighted by atomic mass is 15.2. The molecule has 0 saturated heterocycles. The highest BCUT2D eigenvalue weighted by molar-refractivity contribution is 5.75. The average molecular weight is 186 g/mol. The van der Waals surface area contributed by atoms with Gasteiger partial charge in [-0.25, -0.2) is 0 Å². The van der Waals surface area contributed by atoms with E-state index in [1.807, 2.05) is 0 Å². The summed E-state index contributed by atoms with van der Waals surface area (Å²) in [4.78, 5) is 6.31. The van der Waals surface area contributed by atoms with Crippen molar-refractivity contribution < 1.29 is 0 Å². The van der Waals surface area contributed by atoms with Gasteiger partial charge in [-0.3, -0.25) is 9.89 Å². The molecule has 4 heteroatoms. The Labute approximate surface area is 81.0 Å². The minimum absolute atomic E-state index is 0.174. The molecule has 0 aliphatic rings. The van der Waals surface area contributed by atoms with Crippen molar-refractivity contribution in [3.05, 3.63) is 0 Å². The zero-order valence-electron chi connectivity index (χ0n) is 9.12. The van der Waals surface area contributed by atoms with E-state index in [0.29, 0.717) is 18.6 Å². The number of hydrogen-bond donors (Lipinski definition) is 2. The molecule has 0 fully saturated rings. The molecule has 0 spiro atoms. The van der Waals surface area contributed by atoms with Gasteiger partial charge in [0.2, 0.25) is 0 Å². The monoisotopic (exact) mass is 186 g/mol. The maximum absolute atomic E-state index is 5.24. The van der Waals surface area contributed by atoms with Crippen LogP contribution in [0.1, 0.15) is 27.7 Å². The number of nitrogens with zero attached hydrogens (tertiary/aromatic N) is 2. The third-order valence-electron chi connectivity index (χ3n) is 1.98. The lowest BCUT2D eigenvalue weighted by atomic mass is 10.2. The van der Waals surface area contributed by atoms with Crippen molar-refractivity contribution in [3.63, 3.8) is 0 Å². The Morgan fingerprint density at radius 3 is 1.92 bits per heavy atom. The summed E-state index contributed by atoms with van der Waals surface area (Å²) in [6, 6.07) is 1.07. The lowest BCUT2D eigenvalue weighted by Gasteiger charge is -2.29. The van der Waals surface area contributed by atoms with Crippen LogP contribution in [0.5, 0.6) is 0 Å². The highest BCUT2D eigenvalue weighted by Crippen LogP contribution is 2.03. The van der Waals surface area contributed by atoms with Crippen LogP contribution in [-0.4, -0.2) is 36.0 Å². The summed E-state index contributed by atoms with van der Waals surface area (Å²) in [6.45, 7) is 10.3. The van der Waals surface area contributed by atoms with Gasteiger partial charge in [-0.2, -0.15) is 0 Å². The maximum atomic E-state index is 5.24. The van der Waals surface area contributed by atoms with E-state index in [2.05, 4.69) is 37.6 Å². The second kappa shape index (κ2) is 5.80. The second-order valence-electron chi connectivity index (χ2n) is 3.73. The topological polar surface area (TPSA) is 67.6 Å². The molecule has 0 aliphatic carbocycles. The Balaban J connectivity index is 3.91. The maximum Gasteiger partial charge on any atom is 0.185 e. The Kier molecular flexibility index (Phi) is 5.46. The molecule has 0 rings (SSSR count). The van der Waals surface area contributed by atoms with Crippen LogP contribution in [0, 0.1) is 0 Å². The second-order valence-corrected chi connectivity index (χ2v) is 3.73. The van der Waals surface area contributed by atoms with Crippen molar-refractivity contribution in [2.45, 2.75) is 39.8 Å². The van der Waals surface area contributed by atoms with Gasteiger partial charge in [0, 0.05) is 18.6 Å². The lowest BCUT2D eigenvalue weighted by molar-refractivity contribution is 0.181. The van der Waals surface area contributed by atoms with Crippen LogP contribution < -0.4 is 11.5 Å². The first kappa shape index (κ1) is 12.2. The van der Waals surface area contributed by atoms with E-state index >= 15 is 0 Å². The van der Waals surface area contributed by atoms with E-state index in [0.717, 1.165) is 6.54 Å². The number of guanidine groups is 1. The Morgan fingerprint density at radius 1 is 1.15 bits per heavy atom. The first-order valence-electron chi connectivity index (χ1n) is 4.76. The van der Waals surface area contributed by atoms with Gasteiger partial charge in [0.25, 0.3) is 0 Å². The van der Waals surface area contributed by atoms with E-state index in [9.17, 15) is 0 Å². The van der Waals surface area contributed by atoms with Gasteiger partial charge >= 0.3 is 0 Å². The predicted octanol–water partition coefficient (Wildman–Crippen LogP) is 0.379. The average Bonchev–Trinajstić information content (AvgIpc) is 1.95. The van der Waals surface area contributed by atoms with E-state index < -0.39 is 0 Å². The molecule has 4 nitrogen and oxygen atoms in total. The van der Waals surface area contributed by atoms with E-state index in [4.69, 9.17) is 11.5 Å². The Morgan fingerprint density at radius 2 is 1.62 bits per heavy atom. The molecule has 0 heterocycles. The summed E-state index contributed by atoms with van der Waals surface area (Å²) in [5.74, 6) is 0.174. The number of nitrogens with two attached hydrogens (primary N) is 2. The fraction of sp³-hybridized carbons (Fsp3) is 0.889. The molecule has 0 saturated carbocycles. The third-order valence-corrected chi connectivity index (χ3v) is 1.98. The minimum atomic E-state index is 0.174. The zero-order chi connectivity index (χ0) is 10.4. The summed E-state index contributed by atoms with van der Waals surface area (Å²) < 4.78 is 0. The quantitative estimate of drug-likeness (QED) is 0.482. The third kappa shape index (κ3) is 5.47. The van der Waals surface area contributed by atoms with Crippen molar-refractivity contribution in [1.29, 1.82) is 0 Å². The molecule has 0 aromatic carbocycles. The SMILES string of the molecule is CC(C)N(CCN=C(N)N)C(C)C. The normalized spacial score (nSPS) is 11.3. The van der Waals surface area contributed by atoms with Crippen LogP contribution in [0.2, 0.25) is 0 Å². The standard InChI is InChI=1S/C9H22N4/c1-7(2)13(8(3)4)6-5-12-9(10)11/h7-8H,5-6H2,1-4H3,(H4,10,11,12). The molecular formula is C9H22N4. The minimum Gasteiger partial charge on any atom is -0.370 e. The molecule has 0 bridgehead atoms. The van der Waals surface area contributed by atoms with Crippen molar-refractivity contribution in [3.8, 4) is 0 Å². The molecule has 0 atom stereocenters. The van der Waals surface area contributed by atoms with E-state index in [-0.39, 0.29) is 5.96 Å². The van der Waals surface area contributed by atoms with Gasteiger partial charge in [-0.1, -0.05) is 0 Å². The summed E-state index contributed by atoms with van der Waals surface area (Å²) in [5.41, 5.74) is 10.5. The highest BCUT2D eigenvalue weighted by Gasteiger charge is 2.11. The fourth-order valence-corrected chi connectivity index (χ4v) is 1.41. The lowest BCUT2D eigenvalue weighted by Crippen LogP contribution is -2.39. The van der Waals surface area contributed by atoms with Crippen LogP contribution in [0.25, 0.3) is 0 Å². The Hall–Kier alpha value is -0.770. The van der Waals surface area contributed by atoms with Gasteiger partial charge in [0.1, 0.15) is 0 Å². The van der Waals surface area contributed by atoms with Crippen molar-refractivity contribution in [1.82, 2.24) is 4.90 Å². The molecule has 78 valence electrons. The van der Waals surface area contributed by atoms with Gasteiger partial charge in [-0.15, -0.1) is 0 Å². The molecule has 4 N–H and O–H groups in total. The van der Waals surface area contributed by atoms with Gasteiger partial charge in [0.15, 0.2) is 5.96 Å². The summed E-state index contributed by atoms with van der Waals surface area (Å²) in [7, 11) is 0. The van der Waals surface area contributed by atoms with Crippen LogP contribution >= 0.6 is 0 Å². The molecule has 0 aromatic rings. The molecule has 0 radical (unpaired) electrons. The number of hydrogen-bond acceptors (Lipinski definition) is 2. The molecule has 0 aliphatic heterocycles. The van der Waals surface area contributed by atoms with Crippen LogP contribution in [0.3, 0.4) is 0 Å². The fourth-order valence-electron chi connectivity index (χ4n) is 1.41. The molecule has 0 amide bonds. The zero-order valence-corrected chi connectivity index (χ0v) is 9.12.